The van der Waals surface area contributed by atoms with Crippen molar-refractivity contribution in [3.8, 4) is 0 Å². The molecular weight excluding hydrogens is 215 g/mol. The van der Waals surface area contributed by atoms with Crippen LogP contribution in [0.15, 0.2) is 24.3 Å². The van der Waals surface area contributed by atoms with Crippen molar-refractivity contribution in [2.75, 3.05) is 25.6 Å². The molecule has 0 saturated carbocycles. The molecule has 0 aliphatic rings. The van der Waals surface area contributed by atoms with Gasteiger partial charge in [-0.2, -0.15) is 0 Å². The van der Waals surface area contributed by atoms with E-state index < -0.39 is 0 Å². The van der Waals surface area contributed by atoms with Gasteiger partial charge in [0, 0.05) is 19.3 Å². The zero-order chi connectivity index (χ0) is 11.1. The lowest BCUT2D eigenvalue weighted by molar-refractivity contribution is 0.204. The van der Waals surface area contributed by atoms with E-state index in [2.05, 4.69) is 10.6 Å². The van der Waals surface area contributed by atoms with Crippen LogP contribution in [0.5, 0.6) is 0 Å². The van der Waals surface area contributed by atoms with Gasteiger partial charge in [0.05, 0.1) is 6.61 Å². The van der Waals surface area contributed by atoms with E-state index in [1.165, 1.54) is 12.1 Å². The highest BCUT2D eigenvalue weighted by Gasteiger charge is 1.97. The summed E-state index contributed by atoms with van der Waals surface area (Å²) in [6.45, 7) is 1.20. The van der Waals surface area contributed by atoms with Crippen molar-refractivity contribution < 1.29 is 9.13 Å². The van der Waals surface area contributed by atoms with Gasteiger partial charge in [0.25, 0.3) is 0 Å². The highest BCUT2D eigenvalue weighted by atomic mass is 32.1. The van der Waals surface area contributed by atoms with Crippen LogP contribution < -0.4 is 10.6 Å². The molecule has 0 amide bonds. The van der Waals surface area contributed by atoms with Gasteiger partial charge in [-0.1, -0.05) is 6.07 Å². The molecule has 0 saturated heterocycles. The molecule has 0 bridgehead atoms. The van der Waals surface area contributed by atoms with Crippen LogP contribution in [0, 0.1) is 5.82 Å². The van der Waals surface area contributed by atoms with Gasteiger partial charge in [-0.05, 0) is 30.4 Å². The number of nitrogens with one attached hydrogen (secondary N) is 2. The second-order valence-electron chi connectivity index (χ2n) is 2.88. The molecule has 2 N–H and O–H groups in total. The highest BCUT2D eigenvalue weighted by Crippen LogP contribution is 2.08. The summed E-state index contributed by atoms with van der Waals surface area (Å²) in [5.41, 5.74) is 0.630. The summed E-state index contributed by atoms with van der Waals surface area (Å²) in [7, 11) is 1.62. The number of thiocarbonyl (C=S) groups is 1. The molecule has 0 heterocycles. The molecule has 0 aliphatic heterocycles. The average molecular weight is 228 g/mol. The van der Waals surface area contributed by atoms with Crippen LogP contribution >= 0.6 is 12.2 Å². The van der Waals surface area contributed by atoms with Crippen LogP contribution in [0.25, 0.3) is 0 Å². The Kier molecular flexibility index (Phi) is 5.00. The fraction of sp³-hybridized carbons (Fsp3) is 0.300. The third kappa shape index (κ3) is 4.71. The molecule has 15 heavy (non-hydrogen) atoms. The average Bonchev–Trinajstić information content (AvgIpc) is 2.18. The number of halogens is 1. The SMILES string of the molecule is COCCNC(=S)Nc1cccc(F)c1. The molecule has 0 unspecified atom stereocenters. The Labute approximate surface area is 93.6 Å². The van der Waals surface area contributed by atoms with Gasteiger partial charge in [0.1, 0.15) is 5.82 Å². The molecular formula is C10H13FN2OS. The molecule has 0 atom stereocenters. The number of hydrogen-bond donors (Lipinski definition) is 2. The van der Waals surface area contributed by atoms with Gasteiger partial charge in [-0.3, -0.25) is 0 Å². The molecule has 1 aromatic rings. The van der Waals surface area contributed by atoms with Gasteiger partial charge in [-0.25, -0.2) is 4.39 Å². The Balaban J connectivity index is 2.37. The van der Waals surface area contributed by atoms with E-state index in [1.807, 2.05) is 0 Å². The summed E-state index contributed by atoms with van der Waals surface area (Å²) >= 11 is 4.99. The van der Waals surface area contributed by atoms with Gasteiger partial charge < -0.3 is 15.4 Å². The minimum atomic E-state index is -0.292. The van der Waals surface area contributed by atoms with E-state index >= 15 is 0 Å². The standard InChI is InChI=1S/C10H13FN2OS/c1-14-6-5-12-10(15)13-9-4-2-3-8(11)7-9/h2-4,7H,5-6H2,1H3,(H2,12,13,15). The summed E-state index contributed by atoms with van der Waals surface area (Å²) in [6, 6.07) is 6.12. The molecule has 3 nitrogen and oxygen atoms in total. The lowest BCUT2D eigenvalue weighted by Crippen LogP contribution is -2.31. The van der Waals surface area contributed by atoms with Gasteiger partial charge in [-0.15, -0.1) is 0 Å². The highest BCUT2D eigenvalue weighted by molar-refractivity contribution is 7.80. The predicted molar refractivity (Wildman–Crippen MR) is 62.5 cm³/mol. The summed E-state index contributed by atoms with van der Waals surface area (Å²) in [4.78, 5) is 0. The Morgan fingerprint density at radius 1 is 1.53 bits per heavy atom. The number of rotatable bonds is 4. The second kappa shape index (κ2) is 6.31. The molecule has 0 spiro atoms. The monoisotopic (exact) mass is 228 g/mol. The van der Waals surface area contributed by atoms with Crippen LogP contribution in [0.3, 0.4) is 0 Å². The third-order valence-corrected chi connectivity index (χ3v) is 1.92. The molecule has 5 heteroatoms. The Bertz CT molecular complexity index is 333. The van der Waals surface area contributed by atoms with Crippen molar-refractivity contribution in [2.45, 2.75) is 0 Å². The molecule has 0 aliphatic carbocycles. The predicted octanol–water partition coefficient (Wildman–Crippen LogP) is 1.76. The number of benzene rings is 1. The first-order chi connectivity index (χ1) is 7.22. The van der Waals surface area contributed by atoms with E-state index in [0.29, 0.717) is 24.0 Å². The number of methoxy groups -OCH3 is 1. The van der Waals surface area contributed by atoms with Crippen molar-refractivity contribution in [1.82, 2.24) is 5.32 Å². The maximum atomic E-state index is 12.8. The van der Waals surface area contributed by atoms with Gasteiger partial charge >= 0.3 is 0 Å². The maximum absolute atomic E-state index is 12.8. The summed E-state index contributed by atoms with van der Waals surface area (Å²) in [5.74, 6) is -0.292. The van der Waals surface area contributed by atoms with Crippen molar-refractivity contribution in [3.63, 3.8) is 0 Å². The smallest absolute Gasteiger partial charge is 0.170 e. The normalized spacial score (nSPS) is 9.73. The van der Waals surface area contributed by atoms with Crippen molar-refractivity contribution in [1.29, 1.82) is 0 Å². The first kappa shape index (κ1) is 11.9. The Morgan fingerprint density at radius 3 is 3.00 bits per heavy atom. The van der Waals surface area contributed by atoms with Crippen LogP contribution in [-0.4, -0.2) is 25.4 Å². The molecule has 0 radical (unpaired) electrons. The first-order valence-electron chi connectivity index (χ1n) is 4.51. The summed E-state index contributed by atoms with van der Waals surface area (Å²) in [5, 5.41) is 6.25. The molecule has 0 fully saturated rings. The zero-order valence-corrected chi connectivity index (χ0v) is 9.23. The quantitative estimate of drug-likeness (QED) is 0.607. The van der Waals surface area contributed by atoms with Gasteiger partial charge in [0.15, 0.2) is 5.11 Å². The molecule has 1 aromatic carbocycles. The lowest BCUT2D eigenvalue weighted by atomic mass is 10.3. The van der Waals surface area contributed by atoms with Crippen LogP contribution in [0.1, 0.15) is 0 Å². The van der Waals surface area contributed by atoms with E-state index in [4.69, 9.17) is 17.0 Å². The number of hydrogen-bond acceptors (Lipinski definition) is 2. The summed E-state index contributed by atoms with van der Waals surface area (Å²) in [6.07, 6.45) is 0. The van der Waals surface area contributed by atoms with Gasteiger partial charge in [0.2, 0.25) is 0 Å². The second-order valence-corrected chi connectivity index (χ2v) is 3.29. The van der Waals surface area contributed by atoms with Crippen LogP contribution in [0.2, 0.25) is 0 Å². The third-order valence-electron chi connectivity index (χ3n) is 1.67. The fourth-order valence-corrected chi connectivity index (χ4v) is 1.23. The van der Waals surface area contributed by atoms with E-state index in [0.717, 1.165) is 0 Å². The number of anilines is 1. The summed E-state index contributed by atoms with van der Waals surface area (Å²) < 4.78 is 17.7. The molecule has 82 valence electrons. The Hall–Kier alpha value is -1.20. The van der Waals surface area contributed by atoms with Crippen molar-refractivity contribution >= 4 is 23.0 Å². The number of ether oxygens (including phenoxy) is 1. The van der Waals surface area contributed by atoms with Crippen LogP contribution in [0.4, 0.5) is 10.1 Å². The zero-order valence-electron chi connectivity index (χ0n) is 8.42. The van der Waals surface area contributed by atoms with E-state index in [-0.39, 0.29) is 5.82 Å². The topological polar surface area (TPSA) is 33.3 Å². The maximum Gasteiger partial charge on any atom is 0.170 e. The van der Waals surface area contributed by atoms with Crippen molar-refractivity contribution in [2.24, 2.45) is 0 Å². The molecule has 1 rings (SSSR count). The lowest BCUT2D eigenvalue weighted by Gasteiger charge is -2.09. The van der Waals surface area contributed by atoms with Crippen LogP contribution in [-0.2, 0) is 4.74 Å². The first-order valence-corrected chi connectivity index (χ1v) is 4.92. The largest absolute Gasteiger partial charge is 0.383 e. The minimum Gasteiger partial charge on any atom is -0.383 e. The van der Waals surface area contributed by atoms with Crippen molar-refractivity contribution in [3.05, 3.63) is 30.1 Å². The minimum absolute atomic E-state index is 0.292. The molecule has 0 aromatic heterocycles. The van der Waals surface area contributed by atoms with E-state index in [1.54, 1.807) is 19.2 Å². The van der Waals surface area contributed by atoms with E-state index in [9.17, 15) is 4.39 Å². The fourth-order valence-electron chi connectivity index (χ4n) is 1.01. The Morgan fingerprint density at radius 2 is 2.33 bits per heavy atom.